The molecule has 3 heteroatoms. The molecule has 0 radical (unpaired) electrons. The molecule has 0 bridgehead atoms. The molecule has 1 atom stereocenters. The first kappa shape index (κ1) is 15.0. The molecule has 2 rings (SSSR count). The highest BCUT2D eigenvalue weighted by Gasteiger charge is 2.20. The summed E-state index contributed by atoms with van der Waals surface area (Å²) >= 11 is 0. The van der Waals surface area contributed by atoms with Gasteiger partial charge in [0.2, 0.25) is 5.91 Å². The zero-order chi connectivity index (χ0) is 14.4. The third kappa shape index (κ3) is 4.64. The van der Waals surface area contributed by atoms with E-state index in [1.807, 2.05) is 12.1 Å². The second kappa shape index (κ2) is 7.44. The Bertz CT molecular complexity index is 421. The SMILES string of the molecule is Cc1ccc(CNC(=O)C(N)CC2CCCCC2)cc1. The normalized spacial score (nSPS) is 17.7. The quantitative estimate of drug-likeness (QED) is 0.867. The fourth-order valence-corrected chi connectivity index (χ4v) is 2.92. The van der Waals surface area contributed by atoms with Crippen LogP contribution in [0.4, 0.5) is 0 Å². The predicted molar refractivity (Wildman–Crippen MR) is 82.2 cm³/mol. The summed E-state index contributed by atoms with van der Waals surface area (Å²) in [6, 6.07) is 7.85. The summed E-state index contributed by atoms with van der Waals surface area (Å²) in [6.07, 6.45) is 7.23. The smallest absolute Gasteiger partial charge is 0.237 e. The molecule has 0 aromatic heterocycles. The van der Waals surface area contributed by atoms with Crippen LogP contribution in [0.5, 0.6) is 0 Å². The zero-order valence-electron chi connectivity index (χ0n) is 12.4. The van der Waals surface area contributed by atoms with Gasteiger partial charge in [-0.25, -0.2) is 0 Å². The van der Waals surface area contributed by atoms with Crippen LogP contribution in [-0.4, -0.2) is 11.9 Å². The number of nitrogens with one attached hydrogen (secondary N) is 1. The van der Waals surface area contributed by atoms with Gasteiger partial charge in [-0.2, -0.15) is 0 Å². The van der Waals surface area contributed by atoms with Gasteiger partial charge in [0.05, 0.1) is 6.04 Å². The van der Waals surface area contributed by atoms with Crippen molar-refractivity contribution in [2.75, 3.05) is 0 Å². The van der Waals surface area contributed by atoms with E-state index in [9.17, 15) is 4.79 Å². The Morgan fingerprint density at radius 3 is 2.55 bits per heavy atom. The van der Waals surface area contributed by atoms with Crippen LogP contribution in [0.2, 0.25) is 0 Å². The summed E-state index contributed by atoms with van der Waals surface area (Å²) in [5, 5.41) is 2.94. The highest BCUT2D eigenvalue weighted by atomic mass is 16.2. The minimum absolute atomic E-state index is 0.0175. The van der Waals surface area contributed by atoms with Crippen LogP contribution in [0.25, 0.3) is 0 Å². The second-order valence-electron chi connectivity index (χ2n) is 6.05. The lowest BCUT2D eigenvalue weighted by Gasteiger charge is -2.24. The van der Waals surface area contributed by atoms with Crippen LogP contribution in [0.1, 0.15) is 49.7 Å². The van der Waals surface area contributed by atoms with E-state index in [2.05, 4.69) is 24.4 Å². The highest BCUT2D eigenvalue weighted by molar-refractivity contribution is 5.81. The number of hydrogen-bond donors (Lipinski definition) is 2. The number of carbonyl (C=O) groups excluding carboxylic acids is 1. The van der Waals surface area contributed by atoms with Gasteiger partial charge in [-0.05, 0) is 24.8 Å². The van der Waals surface area contributed by atoms with Gasteiger partial charge in [-0.1, -0.05) is 61.9 Å². The van der Waals surface area contributed by atoms with Crippen molar-refractivity contribution in [3.63, 3.8) is 0 Å². The number of aryl methyl sites for hydroxylation is 1. The minimum atomic E-state index is -0.358. The maximum absolute atomic E-state index is 12.0. The molecule has 110 valence electrons. The second-order valence-corrected chi connectivity index (χ2v) is 6.05. The molecule has 20 heavy (non-hydrogen) atoms. The van der Waals surface area contributed by atoms with Crippen molar-refractivity contribution in [3.05, 3.63) is 35.4 Å². The Kier molecular flexibility index (Phi) is 5.60. The fourth-order valence-electron chi connectivity index (χ4n) is 2.92. The maximum Gasteiger partial charge on any atom is 0.237 e. The van der Waals surface area contributed by atoms with Crippen LogP contribution in [-0.2, 0) is 11.3 Å². The predicted octanol–water partition coefficient (Wildman–Crippen LogP) is 2.91. The Morgan fingerprint density at radius 2 is 1.90 bits per heavy atom. The van der Waals surface area contributed by atoms with Gasteiger partial charge >= 0.3 is 0 Å². The van der Waals surface area contributed by atoms with Gasteiger partial charge in [-0.3, -0.25) is 4.79 Å². The van der Waals surface area contributed by atoms with Gasteiger partial charge in [0.15, 0.2) is 0 Å². The van der Waals surface area contributed by atoms with E-state index >= 15 is 0 Å². The van der Waals surface area contributed by atoms with Crippen LogP contribution >= 0.6 is 0 Å². The molecular weight excluding hydrogens is 248 g/mol. The molecular formula is C17H26N2O. The molecule has 1 aliphatic rings. The molecule has 0 aliphatic heterocycles. The van der Waals surface area contributed by atoms with Gasteiger partial charge in [0.25, 0.3) is 0 Å². The van der Waals surface area contributed by atoms with E-state index in [0.29, 0.717) is 12.5 Å². The third-order valence-corrected chi connectivity index (χ3v) is 4.24. The Balaban J connectivity index is 1.74. The lowest BCUT2D eigenvalue weighted by molar-refractivity contribution is -0.122. The van der Waals surface area contributed by atoms with Gasteiger partial charge in [-0.15, -0.1) is 0 Å². The zero-order valence-corrected chi connectivity index (χ0v) is 12.4. The van der Waals surface area contributed by atoms with Crippen LogP contribution in [0, 0.1) is 12.8 Å². The van der Waals surface area contributed by atoms with Crippen molar-refractivity contribution in [2.45, 2.75) is 58.0 Å². The first-order valence-corrected chi connectivity index (χ1v) is 7.74. The monoisotopic (exact) mass is 274 g/mol. The molecule has 3 N–H and O–H groups in total. The van der Waals surface area contributed by atoms with E-state index in [0.717, 1.165) is 12.0 Å². The van der Waals surface area contributed by atoms with E-state index in [-0.39, 0.29) is 11.9 Å². The molecule has 1 aromatic rings. The average molecular weight is 274 g/mol. The Morgan fingerprint density at radius 1 is 1.25 bits per heavy atom. The van der Waals surface area contributed by atoms with Gasteiger partial charge in [0, 0.05) is 6.54 Å². The molecule has 1 amide bonds. The van der Waals surface area contributed by atoms with Crippen molar-refractivity contribution in [1.29, 1.82) is 0 Å². The summed E-state index contributed by atoms with van der Waals surface area (Å²) in [4.78, 5) is 12.0. The fraction of sp³-hybridized carbons (Fsp3) is 0.588. The first-order chi connectivity index (χ1) is 9.65. The number of benzene rings is 1. The van der Waals surface area contributed by atoms with Crippen molar-refractivity contribution < 1.29 is 4.79 Å². The van der Waals surface area contributed by atoms with E-state index < -0.39 is 0 Å². The number of hydrogen-bond acceptors (Lipinski definition) is 2. The topological polar surface area (TPSA) is 55.1 Å². The molecule has 1 fully saturated rings. The standard InChI is InChI=1S/C17H26N2O/c1-13-7-9-15(10-8-13)12-19-17(20)16(18)11-14-5-3-2-4-6-14/h7-10,14,16H,2-6,11-12,18H2,1H3,(H,19,20). The van der Waals surface area contributed by atoms with E-state index in [1.54, 1.807) is 0 Å². The average Bonchev–Trinajstić information content (AvgIpc) is 2.47. The van der Waals surface area contributed by atoms with Crippen LogP contribution in [0.3, 0.4) is 0 Å². The maximum atomic E-state index is 12.0. The first-order valence-electron chi connectivity index (χ1n) is 7.74. The number of carbonyl (C=O) groups is 1. The molecule has 1 unspecified atom stereocenters. The molecule has 1 aliphatic carbocycles. The number of nitrogens with two attached hydrogens (primary N) is 1. The molecule has 0 spiro atoms. The minimum Gasteiger partial charge on any atom is -0.351 e. The lowest BCUT2D eigenvalue weighted by atomic mass is 9.85. The Hall–Kier alpha value is -1.35. The summed E-state index contributed by atoms with van der Waals surface area (Å²) in [5.41, 5.74) is 8.37. The lowest BCUT2D eigenvalue weighted by Crippen LogP contribution is -2.41. The highest BCUT2D eigenvalue weighted by Crippen LogP contribution is 2.26. The van der Waals surface area contributed by atoms with E-state index in [4.69, 9.17) is 5.73 Å². The summed E-state index contributed by atoms with van der Waals surface area (Å²) in [7, 11) is 0. The number of rotatable bonds is 5. The van der Waals surface area contributed by atoms with Crippen molar-refractivity contribution >= 4 is 5.91 Å². The largest absolute Gasteiger partial charge is 0.351 e. The van der Waals surface area contributed by atoms with E-state index in [1.165, 1.54) is 37.7 Å². The van der Waals surface area contributed by atoms with Crippen molar-refractivity contribution in [2.24, 2.45) is 11.7 Å². The number of amides is 1. The van der Waals surface area contributed by atoms with Gasteiger partial charge in [0.1, 0.15) is 0 Å². The Labute approximate surface area is 121 Å². The summed E-state index contributed by atoms with van der Waals surface area (Å²) in [6.45, 7) is 2.62. The third-order valence-electron chi connectivity index (χ3n) is 4.24. The summed E-state index contributed by atoms with van der Waals surface area (Å²) < 4.78 is 0. The molecule has 0 saturated heterocycles. The van der Waals surface area contributed by atoms with Crippen molar-refractivity contribution in [3.8, 4) is 0 Å². The molecule has 1 saturated carbocycles. The molecule has 0 heterocycles. The van der Waals surface area contributed by atoms with Crippen LogP contribution < -0.4 is 11.1 Å². The van der Waals surface area contributed by atoms with Crippen molar-refractivity contribution in [1.82, 2.24) is 5.32 Å². The molecule has 1 aromatic carbocycles. The van der Waals surface area contributed by atoms with Gasteiger partial charge < -0.3 is 11.1 Å². The molecule has 3 nitrogen and oxygen atoms in total. The summed E-state index contributed by atoms with van der Waals surface area (Å²) in [5.74, 6) is 0.625. The van der Waals surface area contributed by atoms with Crippen LogP contribution in [0.15, 0.2) is 24.3 Å².